The first-order chi connectivity index (χ1) is 9.01. The fourth-order valence-corrected chi connectivity index (χ4v) is 6.72. The number of rotatable bonds is 6. The molecule has 0 saturated heterocycles. The molecule has 21 heavy (non-hydrogen) atoms. The maximum Gasteiger partial charge on any atom is -1.00 e. The second-order valence-corrected chi connectivity index (χ2v) is 8.59. The van der Waals surface area contributed by atoms with Gasteiger partial charge < -0.3 is 24.8 Å². The Kier molecular flexibility index (Phi) is 10.4. The average molecular weight is 451 g/mol. The van der Waals surface area contributed by atoms with Crippen LogP contribution in [0, 0.1) is 0 Å². The first-order valence-corrected chi connectivity index (χ1v) is 9.89. The molecule has 0 aromatic heterocycles. The minimum absolute atomic E-state index is 0. The molecule has 0 aliphatic carbocycles. The van der Waals surface area contributed by atoms with E-state index in [2.05, 4.69) is 61.0 Å². The fourth-order valence-electron chi connectivity index (χ4n) is 1.84. The molecular weight excluding hydrogens is 430 g/mol. The van der Waals surface area contributed by atoms with Crippen molar-refractivity contribution in [3.63, 3.8) is 0 Å². The number of hydrogen-bond acceptors (Lipinski definition) is 6. The maximum atomic E-state index is 6.20. The third-order valence-corrected chi connectivity index (χ3v) is 8.63. The Morgan fingerprint density at radius 2 is 1.24 bits per heavy atom. The van der Waals surface area contributed by atoms with Gasteiger partial charge in [-0.2, -0.15) is 0 Å². The van der Waals surface area contributed by atoms with Gasteiger partial charge >= 0.3 is 137 Å². The summed E-state index contributed by atoms with van der Waals surface area (Å²) in [5.41, 5.74) is 0. The van der Waals surface area contributed by atoms with Crippen LogP contribution >= 0.6 is 23.5 Å². The van der Waals surface area contributed by atoms with Crippen LogP contribution in [0.25, 0.3) is 0 Å². The van der Waals surface area contributed by atoms with Gasteiger partial charge in [0.1, 0.15) is 0 Å². The van der Waals surface area contributed by atoms with Gasteiger partial charge in [-0.3, -0.25) is 0 Å². The van der Waals surface area contributed by atoms with Crippen LogP contribution in [0.4, 0.5) is 0 Å². The van der Waals surface area contributed by atoms with Crippen molar-refractivity contribution in [3.8, 4) is 0 Å². The van der Waals surface area contributed by atoms with Crippen LogP contribution < -0.4 is 24.8 Å². The van der Waals surface area contributed by atoms with Gasteiger partial charge in [-0.25, -0.2) is 0 Å². The quantitative estimate of drug-likeness (QED) is 0.393. The molecule has 2 unspecified atom stereocenters. The van der Waals surface area contributed by atoms with Gasteiger partial charge in [0, 0.05) is 0 Å². The predicted octanol–water partition coefficient (Wildman–Crippen LogP) is -3.33. The van der Waals surface area contributed by atoms with Crippen molar-refractivity contribution in [2.24, 2.45) is 0 Å². The summed E-state index contributed by atoms with van der Waals surface area (Å²) in [6.45, 7) is 0. The van der Waals surface area contributed by atoms with E-state index in [0.717, 1.165) is 12.8 Å². The Morgan fingerprint density at radius 1 is 0.857 bits per heavy atom. The standard InChI is InChI=1S/2C6H10NOS.2ClH.Zr/c2*1-7(2)6(8)4-3-5-9-6;;;/h2*3,5H,4H2,1-2H3;2*1H;/q2*-1;;;+4/p-2. The van der Waals surface area contributed by atoms with Crippen molar-refractivity contribution < 1.29 is 54.6 Å². The second kappa shape index (κ2) is 9.70. The Balaban J connectivity index is 0.00000200. The van der Waals surface area contributed by atoms with E-state index < -0.39 is 24.1 Å². The van der Waals surface area contributed by atoms with E-state index in [-0.39, 0.29) is 34.9 Å². The van der Waals surface area contributed by atoms with E-state index in [1.54, 1.807) is 23.5 Å². The summed E-state index contributed by atoms with van der Waals surface area (Å²) in [5, 5.41) is 3.76. The van der Waals surface area contributed by atoms with E-state index in [4.69, 9.17) is 5.63 Å². The third kappa shape index (κ3) is 5.23. The summed E-state index contributed by atoms with van der Waals surface area (Å²) in [5.74, 6) is 0. The van der Waals surface area contributed by atoms with Gasteiger partial charge in [0.15, 0.2) is 0 Å². The number of halogens is 2. The number of thioether (sulfide) groups is 2. The van der Waals surface area contributed by atoms with Gasteiger partial charge in [-0.1, -0.05) is 0 Å². The molecule has 0 amide bonds. The van der Waals surface area contributed by atoms with E-state index in [1.165, 1.54) is 0 Å². The predicted molar refractivity (Wildman–Crippen MR) is 77.7 cm³/mol. The SMILES string of the molecule is CN(C)C1([O][Zr+2][O]C2(N(C)C)CC=CS2)CC=CS1.[Cl-].[Cl-]. The Hall–Kier alpha value is 1.48. The molecular formula is C12H20Cl2N2O2S2Zr. The molecule has 2 aliphatic heterocycles. The minimum atomic E-state index is -1.35. The summed E-state index contributed by atoms with van der Waals surface area (Å²) in [6, 6.07) is 0. The minimum Gasteiger partial charge on any atom is -1.00 e. The van der Waals surface area contributed by atoms with E-state index in [0.29, 0.717) is 0 Å². The van der Waals surface area contributed by atoms with Crippen LogP contribution in [0.5, 0.6) is 0 Å². The fraction of sp³-hybridized carbons (Fsp3) is 0.667. The van der Waals surface area contributed by atoms with Crippen molar-refractivity contribution in [2.45, 2.75) is 23.0 Å². The Morgan fingerprint density at radius 3 is 1.48 bits per heavy atom. The van der Waals surface area contributed by atoms with Gasteiger partial charge in [0.25, 0.3) is 0 Å². The molecule has 2 rings (SSSR count). The van der Waals surface area contributed by atoms with Crippen molar-refractivity contribution in [1.29, 1.82) is 0 Å². The molecule has 0 aromatic rings. The van der Waals surface area contributed by atoms with Crippen molar-refractivity contribution >= 4 is 23.5 Å². The largest absolute Gasteiger partial charge is 1.00 e. The summed E-state index contributed by atoms with van der Waals surface area (Å²) in [4.78, 5) is 4.29. The van der Waals surface area contributed by atoms with Crippen LogP contribution in [-0.4, -0.2) is 48.1 Å². The Labute approximate surface area is 161 Å². The van der Waals surface area contributed by atoms with Crippen LogP contribution in [-0.2, 0) is 29.7 Å². The van der Waals surface area contributed by atoms with E-state index in [1.807, 2.05) is 0 Å². The molecule has 0 bridgehead atoms. The zero-order valence-electron chi connectivity index (χ0n) is 12.5. The average Bonchev–Trinajstić information content (AvgIpc) is 2.99. The molecule has 120 valence electrons. The molecule has 2 atom stereocenters. The molecule has 2 heterocycles. The molecule has 0 radical (unpaired) electrons. The van der Waals surface area contributed by atoms with Crippen molar-refractivity contribution in [1.82, 2.24) is 9.80 Å². The molecule has 2 aliphatic rings. The summed E-state index contributed by atoms with van der Waals surface area (Å²) >= 11 is 2.12. The van der Waals surface area contributed by atoms with Crippen LogP contribution in [0.3, 0.4) is 0 Å². The van der Waals surface area contributed by atoms with Crippen LogP contribution in [0.15, 0.2) is 23.0 Å². The number of nitrogens with zero attached hydrogens (tertiary/aromatic N) is 2. The maximum absolute atomic E-state index is 6.20. The van der Waals surface area contributed by atoms with E-state index in [9.17, 15) is 0 Å². The molecule has 0 fully saturated rings. The van der Waals surface area contributed by atoms with Gasteiger partial charge in [0.05, 0.1) is 0 Å². The summed E-state index contributed by atoms with van der Waals surface area (Å²) < 4.78 is 12.4. The van der Waals surface area contributed by atoms with E-state index >= 15 is 0 Å². The number of hydrogen-bond donors (Lipinski definition) is 0. The van der Waals surface area contributed by atoms with Crippen molar-refractivity contribution in [3.05, 3.63) is 23.0 Å². The second-order valence-electron chi connectivity index (χ2n) is 4.89. The molecule has 0 aromatic carbocycles. The van der Waals surface area contributed by atoms with Gasteiger partial charge in [0.2, 0.25) is 0 Å². The molecule has 9 heteroatoms. The zero-order valence-corrected chi connectivity index (χ0v) is 18.1. The smallest absolute Gasteiger partial charge is 1.00 e. The van der Waals surface area contributed by atoms with Crippen LogP contribution in [0.1, 0.15) is 12.8 Å². The topological polar surface area (TPSA) is 24.9 Å². The summed E-state index contributed by atoms with van der Waals surface area (Å²) in [6.07, 6.45) is 6.18. The third-order valence-electron chi connectivity index (χ3n) is 3.21. The molecule has 0 saturated carbocycles. The molecule has 0 N–H and O–H groups in total. The Bertz CT molecular complexity index is 334. The first kappa shape index (κ1) is 22.5. The molecule has 4 nitrogen and oxygen atoms in total. The van der Waals surface area contributed by atoms with Crippen LogP contribution in [0.2, 0.25) is 0 Å². The molecule has 0 spiro atoms. The normalized spacial score (nSPS) is 30.4. The monoisotopic (exact) mass is 448 g/mol. The van der Waals surface area contributed by atoms with Gasteiger partial charge in [-0.05, 0) is 0 Å². The van der Waals surface area contributed by atoms with Crippen molar-refractivity contribution in [2.75, 3.05) is 28.2 Å². The summed E-state index contributed by atoms with van der Waals surface area (Å²) in [7, 11) is 8.25. The first-order valence-electron chi connectivity index (χ1n) is 6.12. The zero-order chi connectivity index (χ0) is 13.9. The van der Waals surface area contributed by atoms with Gasteiger partial charge in [-0.15, -0.1) is 0 Å².